The van der Waals surface area contributed by atoms with Gasteiger partial charge in [0.25, 0.3) is 0 Å². The van der Waals surface area contributed by atoms with E-state index < -0.39 is 0 Å². The summed E-state index contributed by atoms with van der Waals surface area (Å²) in [4.78, 5) is 0. The lowest BCUT2D eigenvalue weighted by molar-refractivity contribution is 0.0880. The second kappa shape index (κ2) is 6.57. The molecule has 0 saturated carbocycles. The predicted molar refractivity (Wildman–Crippen MR) is 58.9 cm³/mol. The lowest BCUT2D eigenvalue weighted by Crippen LogP contribution is -2.18. The van der Waals surface area contributed by atoms with E-state index in [-0.39, 0.29) is 0 Å². The van der Waals surface area contributed by atoms with Crippen LogP contribution in [0.1, 0.15) is 18.9 Å². The van der Waals surface area contributed by atoms with Crippen LogP contribution < -0.4 is 5.73 Å². The van der Waals surface area contributed by atoms with Gasteiger partial charge >= 0.3 is 0 Å². The number of ether oxygens (including phenoxy) is 1. The van der Waals surface area contributed by atoms with Crippen LogP contribution in [0.25, 0.3) is 0 Å². The van der Waals surface area contributed by atoms with Crippen molar-refractivity contribution in [2.24, 2.45) is 11.7 Å². The summed E-state index contributed by atoms with van der Waals surface area (Å²) < 4.78 is 5.58. The van der Waals surface area contributed by atoms with Gasteiger partial charge in [-0.05, 0) is 24.4 Å². The van der Waals surface area contributed by atoms with Crippen LogP contribution in [0.4, 0.5) is 0 Å². The summed E-state index contributed by atoms with van der Waals surface area (Å²) in [5.74, 6) is 0.499. The smallest absolute Gasteiger partial charge is 0.0717 e. The molecule has 1 aromatic rings. The summed E-state index contributed by atoms with van der Waals surface area (Å²) in [5, 5.41) is 0. The second-order valence-electron chi connectivity index (χ2n) is 3.51. The molecule has 2 heteroatoms. The molecule has 2 N–H and O–H groups in total. The fourth-order valence-corrected chi connectivity index (χ4v) is 1.27. The van der Waals surface area contributed by atoms with E-state index >= 15 is 0 Å². The van der Waals surface area contributed by atoms with Gasteiger partial charge in [0.15, 0.2) is 0 Å². The van der Waals surface area contributed by atoms with Crippen LogP contribution in [-0.4, -0.2) is 13.2 Å². The van der Waals surface area contributed by atoms with Crippen molar-refractivity contribution >= 4 is 0 Å². The van der Waals surface area contributed by atoms with Crippen molar-refractivity contribution in [3.63, 3.8) is 0 Å². The Morgan fingerprint density at radius 2 is 2.00 bits per heavy atom. The molecule has 1 unspecified atom stereocenters. The van der Waals surface area contributed by atoms with Crippen molar-refractivity contribution in [2.45, 2.75) is 20.0 Å². The molecule has 0 radical (unpaired) electrons. The van der Waals surface area contributed by atoms with Crippen LogP contribution in [0, 0.1) is 5.92 Å². The molecule has 0 aliphatic carbocycles. The first kappa shape index (κ1) is 11.2. The van der Waals surface area contributed by atoms with Crippen molar-refractivity contribution in [2.75, 3.05) is 13.2 Å². The Morgan fingerprint density at radius 1 is 1.29 bits per heavy atom. The third kappa shape index (κ3) is 3.90. The van der Waals surface area contributed by atoms with E-state index in [9.17, 15) is 0 Å². The summed E-state index contributed by atoms with van der Waals surface area (Å²) in [5.41, 5.74) is 6.80. The van der Waals surface area contributed by atoms with Crippen molar-refractivity contribution in [1.29, 1.82) is 0 Å². The minimum atomic E-state index is 0.499. The highest BCUT2D eigenvalue weighted by molar-refractivity contribution is 5.13. The molecule has 0 fully saturated rings. The van der Waals surface area contributed by atoms with Gasteiger partial charge < -0.3 is 10.5 Å². The van der Waals surface area contributed by atoms with Crippen LogP contribution in [0.2, 0.25) is 0 Å². The zero-order valence-corrected chi connectivity index (χ0v) is 8.78. The predicted octanol–water partition coefficient (Wildman–Crippen LogP) is 2.19. The molecule has 0 spiro atoms. The topological polar surface area (TPSA) is 35.2 Å². The molecule has 78 valence electrons. The first-order chi connectivity index (χ1) is 6.86. The lowest BCUT2D eigenvalue weighted by Gasteiger charge is -2.12. The van der Waals surface area contributed by atoms with Gasteiger partial charge in [-0.25, -0.2) is 0 Å². The van der Waals surface area contributed by atoms with E-state index in [1.54, 1.807) is 0 Å². The summed E-state index contributed by atoms with van der Waals surface area (Å²) in [6.07, 6.45) is 1.09. The molecule has 1 atom stereocenters. The van der Waals surface area contributed by atoms with Gasteiger partial charge in [0, 0.05) is 0 Å². The summed E-state index contributed by atoms with van der Waals surface area (Å²) >= 11 is 0. The minimum Gasteiger partial charge on any atom is -0.376 e. The maximum atomic E-state index is 5.58. The Kier molecular flexibility index (Phi) is 5.27. The highest BCUT2D eigenvalue weighted by Gasteiger charge is 2.03. The van der Waals surface area contributed by atoms with Crippen molar-refractivity contribution in [1.82, 2.24) is 0 Å². The Hall–Kier alpha value is -0.860. The number of rotatable bonds is 6. The molecule has 0 amide bonds. The largest absolute Gasteiger partial charge is 0.376 e. The highest BCUT2D eigenvalue weighted by atomic mass is 16.5. The number of hydrogen-bond acceptors (Lipinski definition) is 2. The fraction of sp³-hybridized carbons (Fsp3) is 0.500. The van der Waals surface area contributed by atoms with Gasteiger partial charge in [-0.1, -0.05) is 37.3 Å². The average molecular weight is 193 g/mol. The van der Waals surface area contributed by atoms with Gasteiger partial charge in [0.05, 0.1) is 13.2 Å². The molecule has 14 heavy (non-hydrogen) atoms. The minimum absolute atomic E-state index is 0.499. The highest BCUT2D eigenvalue weighted by Crippen LogP contribution is 2.04. The molecule has 1 rings (SSSR count). The zero-order valence-electron chi connectivity index (χ0n) is 8.78. The summed E-state index contributed by atoms with van der Waals surface area (Å²) in [6, 6.07) is 10.2. The molecule has 0 bridgehead atoms. The zero-order chi connectivity index (χ0) is 10.2. The van der Waals surface area contributed by atoms with Gasteiger partial charge in [-0.3, -0.25) is 0 Å². The van der Waals surface area contributed by atoms with E-state index in [0.717, 1.165) is 13.0 Å². The molecule has 0 aliphatic rings. The Balaban J connectivity index is 2.21. The Bertz CT molecular complexity index is 231. The maximum Gasteiger partial charge on any atom is 0.0717 e. The van der Waals surface area contributed by atoms with Crippen LogP contribution in [0.5, 0.6) is 0 Å². The van der Waals surface area contributed by atoms with E-state index in [1.807, 2.05) is 18.2 Å². The fourth-order valence-electron chi connectivity index (χ4n) is 1.27. The summed E-state index contributed by atoms with van der Waals surface area (Å²) in [7, 11) is 0. The Labute approximate surface area is 86.1 Å². The normalized spacial score (nSPS) is 12.7. The van der Waals surface area contributed by atoms with E-state index in [4.69, 9.17) is 10.5 Å². The van der Waals surface area contributed by atoms with Crippen LogP contribution in [-0.2, 0) is 11.3 Å². The third-order valence-electron chi connectivity index (χ3n) is 2.38. The number of hydrogen-bond donors (Lipinski definition) is 1. The van der Waals surface area contributed by atoms with Crippen molar-refractivity contribution < 1.29 is 4.74 Å². The number of nitrogens with two attached hydrogens (primary N) is 1. The number of benzene rings is 1. The quantitative estimate of drug-likeness (QED) is 0.751. The molecule has 2 nitrogen and oxygen atoms in total. The van der Waals surface area contributed by atoms with Gasteiger partial charge in [-0.2, -0.15) is 0 Å². The molecule has 1 aromatic carbocycles. The lowest BCUT2D eigenvalue weighted by atomic mass is 10.1. The molecular formula is C12H19NO. The molecule has 0 saturated heterocycles. The second-order valence-corrected chi connectivity index (χ2v) is 3.51. The average Bonchev–Trinajstić information content (AvgIpc) is 2.26. The van der Waals surface area contributed by atoms with Crippen molar-refractivity contribution in [3.05, 3.63) is 35.9 Å². The molecule has 0 aromatic heterocycles. The van der Waals surface area contributed by atoms with Gasteiger partial charge in [0.1, 0.15) is 0 Å². The standard InChI is InChI=1S/C12H19NO/c1-2-11(8-13)9-14-10-12-6-4-3-5-7-12/h3-7,11H,2,8-10,13H2,1H3. The monoisotopic (exact) mass is 193 g/mol. The third-order valence-corrected chi connectivity index (χ3v) is 2.38. The van der Waals surface area contributed by atoms with Crippen LogP contribution in [0.15, 0.2) is 30.3 Å². The molecule has 0 aliphatic heterocycles. The maximum absolute atomic E-state index is 5.58. The van der Waals surface area contributed by atoms with Gasteiger partial charge in [-0.15, -0.1) is 0 Å². The molecular weight excluding hydrogens is 174 g/mol. The summed E-state index contributed by atoms with van der Waals surface area (Å²) in [6.45, 7) is 4.31. The van der Waals surface area contributed by atoms with E-state index in [0.29, 0.717) is 19.1 Å². The van der Waals surface area contributed by atoms with Gasteiger partial charge in [0.2, 0.25) is 0 Å². The van der Waals surface area contributed by atoms with E-state index in [2.05, 4.69) is 19.1 Å². The SMILES string of the molecule is CCC(CN)COCc1ccccc1. The Morgan fingerprint density at radius 3 is 2.57 bits per heavy atom. The first-order valence-corrected chi connectivity index (χ1v) is 5.18. The van der Waals surface area contributed by atoms with E-state index in [1.165, 1.54) is 5.56 Å². The first-order valence-electron chi connectivity index (χ1n) is 5.18. The van der Waals surface area contributed by atoms with Crippen LogP contribution >= 0.6 is 0 Å². The van der Waals surface area contributed by atoms with Crippen molar-refractivity contribution in [3.8, 4) is 0 Å². The molecule has 0 heterocycles. The van der Waals surface area contributed by atoms with Crippen LogP contribution in [0.3, 0.4) is 0 Å².